The first-order valence-corrected chi connectivity index (χ1v) is 13.4. The van der Waals surface area contributed by atoms with Gasteiger partial charge in [-0.2, -0.15) is 18.2 Å². The number of alkyl halides is 3. The van der Waals surface area contributed by atoms with Crippen molar-refractivity contribution in [2.24, 2.45) is 4.99 Å². The Morgan fingerprint density at radius 1 is 1.05 bits per heavy atom. The molecule has 1 saturated heterocycles. The standard InChI is InChI=1S/C25H29F3N7O2S/c1-24(2,3)34-38(36,37)20-6-4-5-18(15-20)31-22-21(25(26,27)28)16-30-23(33-22)32-17-7-9-19(10-8-17)35-13-11-29-12-14-35/h4-10,15-16,29,34H,11-14H2,1-3H3,(H,30,31,33)/q+1. The molecule has 13 heteroatoms. The van der Waals surface area contributed by atoms with Gasteiger partial charge in [0.1, 0.15) is 11.4 Å². The van der Waals surface area contributed by atoms with Crippen molar-refractivity contribution in [3.63, 3.8) is 0 Å². The molecule has 0 radical (unpaired) electrons. The molecule has 0 bridgehead atoms. The number of piperazine rings is 1. The van der Waals surface area contributed by atoms with Gasteiger partial charge in [0.15, 0.2) is 18.8 Å². The Bertz CT molecular complexity index is 1410. The van der Waals surface area contributed by atoms with Gasteiger partial charge < -0.3 is 10.6 Å². The summed E-state index contributed by atoms with van der Waals surface area (Å²) in [6.07, 6.45) is 3.20. The highest BCUT2D eigenvalue weighted by Gasteiger charge is 2.35. The Morgan fingerprint density at radius 2 is 1.74 bits per heavy atom. The summed E-state index contributed by atoms with van der Waals surface area (Å²) >= 11 is 0. The van der Waals surface area contributed by atoms with Crippen molar-refractivity contribution in [3.8, 4) is 0 Å². The van der Waals surface area contributed by atoms with Crippen LogP contribution < -0.4 is 15.4 Å². The van der Waals surface area contributed by atoms with E-state index in [2.05, 4.69) is 34.9 Å². The van der Waals surface area contributed by atoms with Gasteiger partial charge in [-0.15, -0.1) is 0 Å². The highest BCUT2D eigenvalue weighted by atomic mass is 32.2. The summed E-state index contributed by atoms with van der Waals surface area (Å²) in [4.78, 5) is 12.0. The molecular formula is C25H29F3N7O2S+. The minimum atomic E-state index is -4.75. The third-order valence-electron chi connectivity index (χ3n) is 5.49. The maximum atomic E-state index is 13.7. The number of rotatable bonds is 5. The van der Waals surface area contributed by atoms with Crippen molar-refractivity contribution >= 4 is 38.9 Å². The molecule has 1 aliphatic carbocycles. The number of hydrogen-bond acceptors (Lipinski definition) is 7. The topological polar surface area (TPSA) is 111 Å². The highest BCUT2D eigenvalue weighted by molar-refractivity contribution is 7.89. The Morgan fingerprint density at radius 3 is 2.37 bits per heavy atom. The zero-order chi connectivity index (χ0) is 27.6. The van der Waals surface area contributed by atoms with Gasteiger partial charge in [0, 0.05) is 29.6 Å². The lowest BCUT2D eigenvalue weighted by molar-refractivity contribution is -0.530. The van der Waals surface area contributed by atoms with Gasteiger partial charge in [-0.25, -0.2) is 27.7 Å². The van der Waals surface area contributed by atoms with Crippen LogP contribution in [-0.2, 0) is 16.2 Å². The van der Waals surface area contributed by atoms with Crippen LogP contribution in [0, 0.1) is 0 Å². The maximum absolute atomic E-state index is 13.7. The molecule has 2 heterocycles. The van der Waals surface area contributed by atoms with E-state index in [0.29, 0.717) is 11.9 Å². The van der Waals surface area contributed by atoms with Crippen LogP contribution in [0.5, 0.6) is 0 Å². The zero-order valence-electron chi connectivity index (χ0n) is 21.2. The fourth-order valence-corrected chi connectivity index (χ4v) is 5.31. The molecule has 0 amide bonds. The number of benzene rings is 1. The lowest BCUT2D eigenvalue weighted by Gasteiger charge is -2.20. The fraction of sp³-hybridized carbons (Fsp3) is 0.360. The van der Waals surface area contributed by atoms with E-state index in [-0.39, 0.29) is 16.5 Å². The van der Waals surface area contributed by atoms with Gasteiger partial charge in [-0.05, 0) is 51.1 Å². The van der Waals surface area contributed by atoms with Crippen LogP contribution in [0.2, 0.25) is 0 Å². The summed E-state index contributed by atoms with van der Waals surface area (Å²) in [5.74, 6) is -0.712. The predicted octanol–water partition coefficient (Wildman–Crippen LogP) is 3.57. The minimum absolute atomic E-state index is 0.102. The van der Waals surface area contributed by atoms with Crippen molar-refractivity contribution in [1.82, 2.24) is 20.0 Å². The molecule has 0 spiro atoms. The van der Waals surface area contributed by atoms with E-state index in [4.69, 9.17) is 0 Å². The van der Waals surface area contributed by atoms with Gasteiger partial charge in [0.25, 0.3) is 5.95 Å². The fourth-order valence-electron chi connectivity index (χ4n) is 3.85. The first kappa shape index (κ1) is 27.6. The lowest BCUT2D eigenvalue weighted by Crippen LogP contribution is -2.40. The number of allylic oxidation sites excluding steroid dienone is 4. The van der Waals surface area contributed by atoms with Crippen molar-refractivity contribution < 1.29 is 26.2 Å². The van der Waals surface area contributed by atoms with Crippen LogP contribution in [0.25, 0.3) is 0 Å². The second-order valence-corrected chi connectivity index (χ2v) is 11.5. The molecule has 2 aliphatic rings. The number of nitrogens with zero attached hydrogens (tertiary/aromatic N) is 4. The van der Waals surface area contributed by atoms with Gasteiger partial charge >= 0.3 is 6.18 Å². The van der Waals surface area contributed by atoms with E-state index >= 15 is 0 Å². The number of aromatic nitrogens is 2. The van der Waals surface area contributed by atoms with Crippen molar-refractivity contribution in [2.45, 2.75) is 37.4 Å². The molecule has 1 aliphatic heterocycles. The number of anilines is 2. The molecule has 4 rings (SSSR count). The second-order valence-electron chi connectivity index (χ2n) is 9.80. The van der Waals surface area contributed by atoms with E-state index in [9.17, 15) is 21.6 Å². The Balaban J connectivity index is 1.62. The zero-order valence-corrected chi connectivity index (χ0v) is 22.0. The smallest absolute Gasteiger partial charge is 0.340 e. The second kappa shape index (κ2) is 10.8. The number of hydrogen-bond donors (Lipinski definition) is 3. The van der Waals surface area contributed by atoms with Crippen molar-refractivity contribution in [1.29, 1.82) is 0 Å². The van der Waals surface area contributed by atoms with Crippen LogP contribution >= 0.6 is 0 Å². The first-order chi connectivity index (χ1) is 17.8. The van der Waals surface area contributed by atoms with Gasteiger partial charge in [0.05, 0.1) is 23.7 Å². The summed E-state index contributed by atoms with van der Waals surface area (Å²) in [6.45, 7) is 8.60. The summed E-state index contributed by atoms with van der Waals surface area (Å²) in [5.41, 5.74) is -0.227. The van der Waals surface area contributed by atoms with E-state index in [1.807, 2.05) is 12.2 Å². The number of nitrogens with one attached hydrogen (secondary N) is 3. The SMILES string of the molecule is CC(C)(C)NS(=O)(=O)c1cccc(Nc2nc(N=C3C=CC(=[N+]4CCNCC4)C=C3)ncc2C(F)(F)F)c1. The van der Waals surface area contributed by atoms with Crippen LogP contribution in [0.15, 0.2) is 64.7 Å². The molecule has 1 fully saturated rings. The molecule has 0 saturated carbocycles. The molecule has 2 aromatic rings. The van der Waals surface area contributed by atoms with E-state index in [0.717, 1.165) is 31.9 Å². The van der Waals surface area contributed by atoms with Crippen LogP contribution in [0.1, 0.15) is 26.3 Å². The average Bonchev–Trinajstić information content (AvgIpc) is 2.83. The average molecular weight is 549 g/mol. The maximum Gasteiger partial charge on any atom is 0.421 e. The first-order valence-electron chi connectivity index (χ1n) is 11.9. The Hall–Kier alpha value is -3.42. The highest BCUT2D eigenvalue weighted by Crippen LogP contribution is 2.35. The van der Waals surface area contributed by atoms with Crippen LogP contribution in [0.4, 0.5) is 30.6 Å². The summed E-state index contributed by atoms with van der Waals surface area (Å²) in [5, 5.41) is 5.89. The molecule has 202 valence electrons. The van der Waals surface area contributed by atoms with Gasteiger partial charge in [0.2, 0.25) is 10.0 Å². The molecule has 1 aromatic heterocycles. The molecule has 9 nitrogen and oxygen atoms in total. The number of sulfonamides is 1. The van der Waals surface area contributed by atoms with E-state index < -0.39 is 33.1 Å². The Kier molecular flexibility index (Phi) is 7.81. The quantitative estimate of drug-likeness (QED) is 0.389. The van der Waals surface area contributed by atoms with Crippen molar-refractivity contribution in [2.75, 3.05) is 31.5 Å². The molecule has 1 aromatic carbocycles. The number of halogens is 3. The monoisotopic (exact) mass is 548 g/mol. The molecule has 38 heavy (non-hydrogen) atoms. The molecule has 0 unspecified atom stereocenters. The van der Waals surface area contributed by atoms with Crippen LogP contribution in [-0.4, -0.2) is 66.1 Å². The summed E-state index contributed by atoms with van der Waals surface area (Å²) in [6, 6.07) is 5.47. The third-order valence-corrected chi connectivity index (χ3v) is 7.25. The largest absolute Gasteiger partial charge is 0.421 e. The van der Waals surface area contributed by atoms with E-state index in [1.165, 1.54) is 24.3 Å². The normalized spacial score (nSPS) is 16.6. The summed E-state index contributed by atoms with van der Waals surface area (Å²) < 4.78 is 71.3. The van der Waals surface area contributed by atoms with Crippen LogP contribution in [0.3, 0.4) is 0 Å². The van der Waals surface area contributed by atoms with Gasteiger partial charge in [-0.1, -0.05) is 6.07 Å². The Labute approximate surface area is 219 Å². The summed E-state index contributed by atoms with van der Waals surface area (Å²) in [7, 11) is -3.90. The lowest BCUT2D eigenvalue weighted by atomic mass is 10.1. The molecule has 0 atom stereocenters. The van der Waals surface area contributed by atoms with Crippen molar-refractivity contribution in [3.05, 3.63) is 60.3 Å². The molecule has 3 N–H and O–H groups in total. The molecular weight excluding hydrogens is 519 g/mol. The third kappa shape index (κ3) is 7.11. The van der Waals surface area contributed by atoms with E-state index in [1.54, 1.807) is 32.9 Å². The van der Waals surface area contributed by atoms with Gasteiger partial charge in [-0.3, -0.25) is 0 Å². The number of aliphatic imine (C=N–C) groups is 1. The minimum Gasteiger partial charge on any atom is -0.340 e. The predicted molar refractivity (Wildman–Crippen MR) is 140 cm³/mol.